The van der Waals surface area contributed by atoms with E-state index in [1.54, 1.807) is 0 Å². The van der Waals surface area contributed by atoms with Gasteiger partial charge in [0.15, 0.2) is 0 Å². The van der Waals surface area contributed by atoms with Crippen molar-refractivity contribution in [1.82, 2.24) is 9.47 Å². The van der Waals surface area contributed by atoms with Gasteiger partial charge in [-0.25, -0.2) is 0 Å². The molecule has 1 aliphatic heterocycles. The van der Waals surface area contributed by atoms with Crippen LogP contribution >= 0.6 is 0 Å². The Hall–Kier alpha value is -2.01. The quantitative estimate of drug-likeness (QED) is 0.871. The van der Waals surface area contributed by atoms with Crippen molar-refractivity contribution in [2.75, 3.05) is 19.8 Å². The molecule has 0 aliphatic carbocycles. The lowest BCUT2D eigenvalue weighted by Crippen LogP contribution is -2.44. The van der Waals surface area contributed by atoms with Crippen molar-refractivity contribution in [3.8, 4) is 0 Å². The Kier molecular flexibility index (Phi) is 4.34. The second-order valence-corrected chi connectivity index (χ2v) is 5.73. The number of nitrogens with zero attached hydrogens (tertiary/aromatic N) is 2. The van der Waals surface area contributed by atoms with Crippen LogP contribution in [0.4, 0.5) is 0 Å². The minimum Gasteiger partial charge on any atom is -0.466 e. The first-order valence-electron chi connectivity index (χ1n) is 7.69. The monoisotopic (exact) mass is 302 g/mol. The third-order valence-electron chi connectivity index (χ3n) is 4.16. The van der Waals surface area contributed by atoms with E-state index in [2.05, 4.69) is 10.6 Å². The van der Waals surface area contributed by atoms with Crippen molar-refractivity contribution < 1.29 is 13.9 Å². The highest BCUT2D eigenvalue weighted by molar-refractivity contribution is 5.77. The van der Waals surface area contributed by atoms with Crippen LogP contribution in [0.3, 0.4) is 0 Å². The molecule has 1 amide bonds. The molecule has 22 heavy (non-hydrogen) atoms. The zero-order chi connectivity index (χ0) is 15.5. The molecule has 0 N–H and O–H groups in total. The maximum Gasteiger partial charge on any atom is 0.223 e. The van der Waals surface area contributed by atoms with E-state index in [1.165, 1.54) is 0 Å². The smallest absolute Gasteiger partial charge is 0.223 e. The minimum absolute atomic E-state index is 0.000382. The molecule has 0 saturated carbocycles. The van der Waals surface area contributed by atoms with Crippen LogP contribution in [0.5, 0.6) is 0 Å². The van der Waals surface area contributed by atoms with Crippen molar-refractivity contribution in [1.29, 1.82) is 0 Å². The van der Waals surface area contributed by atoms with E-state index in [-0.39, 0.29) is 11.9 Å². The van der Waals surface area contributed by atoms with Crippen LogP contribution < -0.4 is 0 Å². The summed E-state index contributed by atoms with van der Waals surface area (Å²) in [4.78, 5) is 14.6. The van der Waals surface area contributed by atoms with E-state index in [4.69, 9.17) is 9.15 Å². The number of hydrogen-bond acceptors (Lipinski definition) is 3. The van der Waals surface area contributed by atoms with Crippen LogP contribution in [-0.2, 0) is 23.0 Å². The fourth-order valence-electron chi connectivity index (χ4n) is 2.96. The Labute approximate surface area is 130 Å². The third-order valence-corrected chi connectivity index (χ3v) is 4.16. The molecule has 3 rings (SSSR count). The molecule has 3 heterocycles. The van der Waals surface area contributed by atoms with Gasteiger partial charge < -0.3 is 18.6 Å². The van der Waals surface area contributed by atoms with Gasteiger partial charge in [0.2, 0.25) is 5.91 Å². The fraction of sp³-hybridized carbons (Fsp3) is 0.471. The lowest BCUT2D eigenvalue weighted by Gasteiger charge is -2.36. The van der Waals surface area contributed by atoms with E-state index >= 15 is 0 Å². The number of furan rings is 1. The summed E-state index contributed by atoms with van der Waals surface area (Å²) in [5.41, 5.74) is 1.11. The van der Waals surface area contributed by atoms with Crippen molar-refractivity contribution >= 4 is 5.91 Å². The number of aryl methyl sites for hydroxylation is 3. The summed E-state index contributed by atoms with van der Waals surface area (Å²) in [7, 11) is 2.00. The summed E-state index contributed by atoms with van der Waals surface area (Å²) >= 11 is 0. The Morgan fingerprint density at radius 2 is 2.23 bits per heavy atom. The number of hydrogen-bond donors (Lipinski definition) is 0. The van der Waals surface area contributed by atoms with E-state index in [0.29, 0.717) is 32.6 Å². The maximum atomic E-state index is 12.6. The van der Waals surface area contributed by atoms with Crippen molar-refractivity contribution in [3.05, 3.63) is 47.7 Å². The van der Waals surface area contributed by atoms with Gasteiger partial charge in [-0.3, -0.25) is 4.79 Å². The lowest BCUT2D eigenvalue weighted by atomic mass is 10.1. The van der Waals surface area contributed by atoms with Crippen molar-refractivity contribution in [2.45, 2.75) is 25.8 Å². The zero-order valence-electron chi connectivity index (χ0n) is 13.1. The largest absolute Gasteiger partial charge is 0.466 e. The van der Waals surface area contributed by atoms with Gasteiger partial charge in [-0.05, 0) is 31.2 Å². The highest BCUT2D eigenvalue weighted by atomic mass is 16.5. The fourth-order valence-corrected chi connectivity index (χ4v) is 2.96. The van der Waals surface area contributed by atoms with Crippen LogP contribution in [0.25, 0.3) is 0 Å². The van der Waals surface area contributed by atoms with Crippen LogP contribution in [0, 0.1) is 6.92 Å². The van der Waals surface area contributed by atoms with Gasteiger partial charge in [0.05, 0.1) is 19.3 Å². The molecule has 1 aliphatic rings. The average molecular weight is 302 g/mol. The van der Waals surface area contributed by atoms with Crippen LogP contribution in [-0.4, -0.2) is 35.1 Å². The normalized spacial score (nSPS) is 18.6. The molecule has 5 heteroatoms. The lowest BCUT2D eigenvalue weighted by molar-refractivity contribution is -0.140. The first kappa shape index (κ1) is 14.9. The molecule has 0 radical (unpaired) electrons. The molecule has 2 aromatic rings. The van der Waals surface area contributed by atoms with E-state index < -0.39 is 0 Å². The van der Waals surface area contributed by atoms with Crippen LogP contribution in [0.15, 0.2) is 34.9 Å². The number of amides is 1. The van der Waals surface area contributed by atoms with Gasteiger partial charge in [0, 0.05) is 38.3 Å². The predicted octanol–water partition coefficient (Wildman–Crippen LogP) is 2.46. The Balaban J connectivity index is 1.67. The van der Waals surface area contributed by atoms with Gasteiger partial charge in [-0.2, -0.15) is 0 Å². The maximum absolute atomic E-state index is 12.6. The first-order chi connectivity index (χ1) is 10.6. The van der Waals surface area contributed by atoms with Crippen LogP contribution in [0.1, 0.15) is 29.7 Å². The molecule has 0 unspecified atom stereocenters. The summed E-state index contributed by atoms with van der Waals surface area (Å²) in [6, 6.07) is 7.92. The molecule has 0 spiro atoms. The standard InChI is InChI=1S/C17H22N2O3/c1-13-5-6-14(22-13)7-8-17(20)19-10-11-21-12-16(19)15-4-3-9-18(15)2/h3-6,9,16H,7-8,10-12H2,1-2H3/t16-/m0/s1. The predicted molar refractivity (Wildman–Crippen MR) is 82.5 cm³/mol. The Morgan fingerprint density at radius 1 is 1.36 bits per heavy atom. The molecule has 2 aromatic heterocycles. The van der Waals surface area contributed by atoms with Gasteiger partial charge >= 0.3 is 0 Å². The minimum atomic E-state index is -0.000382. The van der Waals surface area contributed by atoms with Crippen molar-refractivity contribution in [2.24, 2.45) is 7.05 Å². The van der Waals surface area contributed by atoms with Gasteiger partial charge in [0.1, 0.15) is 11.5 Å². The number of carbonyl (C=O) groups excluding carboxylic acids is 1. The molecule has 1 fully saturated rings. The van der Waals surface area contributed by atoms with E-state index in [1.807, 2.05) is 43.3 Å². The highest BCUT2D eigenvalue weighted by Crippen LogP contribution is 2.25. The van der Waals surface area contributed by atoms with Crippen molar-refractivity contribution in [3.63, 3.8) is 0 Å². The van der Waals surface area contributed by atoms with E-state index in [0.717, 1.165) is 17.2 Å². The molecule has 1 saturated heterocycles. The molecular weight excluding hydrogens is 280 g/mol. The molecular formula is C17H22N2O3. The van der Waals surface area contributed by atoms with Crippen LogP contribution in [0.2, 0.25) is 0 Å². The topological polar surface area (TPSA) is 47.6 Å². The number of aromatic nitrogens is 1. The molecule has 0 bridgehead atoms. The molecule has 0 aromatic carbocycles. The van der Waals surface area contributed by atoms with Gasteiger partial charge in [-0.1, -0.05) is 0 Å². The Bertz CT molecular complexity index is 644. The zero-order valence-corrected chi connectivity index (χ0v) is 13.1. The summed E-state index contributed by atoms with van der Waals surface area (Å²) in [6.45, 7) is 3.72. The highest BCUT2D eigenvalue weighted by Gasteiger charge is 2.29. The number of ether oxygens (including phenoxy) is 1. The summed E-state index contributed by atoms with van der Waals surface area (Å²) in [5, 5.41) is 0. The first-order valence-corrected chi connectivity index (χ1v) is 7.69. The van der Waals surface area contributed by atoms with Gasteiger partial charge in [0.25, 0.3) is 0 Å². The second-order valence-electron chi connectivity index (χ2n) is 5.73. The third kappa shape index (κ3) is 3.09. The second kappa shape index (κ2) is 6.40. The molecule has 118 valence electrons. The molecule has 1 atom stereocenters. The summed E-state index contributed by atoms with van der Waals surface area (Å²) in [5.74, 6) is 1.91. The number of morpholine rings is 1. The molecule has 5 nitrogen and oxygen atoms in total. The summed E-state index contributed by atoms with van der Waals surface area (Å²) in [6.07, 6.45) is 3.11. The average Bonchev–Trinajstić information content (AvgIpc) is 3.13. The number of rotatable bonds is 4. The Morgan fingerprint density at radius 3 is 2.91 bits per heavy atom. The number of carbonyl (C=O) groups is 1. The van der Waals surface area contributed by atoms with E-state index in [9.17, 15) is 4.79 Å². The SMILES string of the molecule is Cc1ccc(CCC(=O)N2CCOC[C@H]2c2cccn2C)o1. The van der Waals surface area contributed by atoms with Gasteiger partial charge in [-0.15, -0.1) is 0 Å². The summed E-state index contributed by atoms with van der Waals surface area (Å²) < 4.78 is 13.2.